The molecule has 0 amide bonds. The zero-order chi connectivity index (χ0) is 15.2. The average Bonchev–Trinajstić information content (AvgIpc) is 2.38. The highest BCUT2D eigenvalue weighted by Crippen LogP contribution is 2.27. The van der Waals surface area contributed by atoms with Crippen molar-refractivity contribution in [3.05, 3.63) is 22.7 Å². The molecular weight excluding hydrogens is 362 g/mol. The smallest absolute Gasteiger partial charge is 0.244 e. The summed E-state index contributed by atoms with van der Waals surface area (Å²) in [7, 11) is -2.11. The Hall–Kier alpha value is -0.240. The van der Waals surface area contributed by atoms with E-state index < -0.39 is 10.0 Å². The van der Waals surface area contributed by atoms with Crippen molar-refractivity contribution in [1.29, 1.82) is 0 Å². The topological polar surface area (TPSA) is 55.4 Å². The van der Waals surface area contributed by atoms with Gasteiger partial charge in [0.05, 0.1) is 7.11 Å². The average molecular weight is 382 g/mol. The maximum atomic E-state index is 12.4. The number of ether oxygens (including phenoxy) is 1. The van der Waals surface area contributed by atoms with Crippen LogP contribution in [0.5, 0.6) is 5.75 Å². The van der Waals surface area contributed by atoms with Gasteiger partial charge in [-0.05, 0) is 43.0 Å². The molecular formula is C13H20BrNO3S2. The first-order valence-corrected chi connectivity index (χ1v) is 9.77. The number of methoxy groups -OCH3 is 1. The minimum atomic E-state index is -3.58. The minimum Gasteiger partial charge on any atom is -0.495 e. The van der Waals surface area contributed by atoms with E-state index in [1.165, 1.54) is 7.11 Å². The molecule has 0 saturated carbocycles. The Labute approximate surface area is 133 Å². The third kappa shape index (κ3) is 5.27. The van der Waals surface area contributed by atoms with Crippen LogP contribution in [0.2, 0.25) is 0 Å². The molecule has 0 aliphatic rings. The van der Waals surface area contributed by atoms with Gasteiger partial charge in [0.25, 0.3) is 0 Å². The summed E-state index contributed by atoms with van der Waals surface area (Å²) < 4.78 is 33.3. The monoisotopic (exact) mass is 381 g/mol. The van der Waals surface area contributed by atoms with Crippen molar-refractivity contribution in [2.24, 2.45) is 0 Å². The highest BCUT2D eigenvalue weighted by atomic mass is 79.9. The lowest BCUT2D eigenvalue weighted by molar-refractivity contribution is 0.402. The zero-order valence-electron chi connectivity index (χ0n) is 11.8. The molecule has 20 heavy (non-hydrogen) atoms. The van der Waals surface area contributed by atoms with E-state index in [1.807, 2.05) is 6.92 Å². The molecule has 0 bridgehead atoms. The quantitative estimate of drug-likeness (QED) is 0.702. The summed E-state index contributed by atoms with van der Waals surface area (Å²) in [6.07, 6.45) is 0.800. The number of nitrogens with one attached hydrogen (secondary N) is 1. The molecule has 7 heteroatoms. The van der Waals surface area contributed by atoms with Gasteiger partial charge in [-0.25, -0.2) is 13.1 Å². The molecule has 0 aliphatic carbocycles. The van der Waals surface area contributed by atoms with Crippen LogP contribution in [0.4, 0.5) is 0 Å². The van der Waals surface area contributed by atoms with Gasteiger partial charge in [0.1, 0.15) is 10.6 Å². The summed E-state index contributed by atoms with van der Waals surface area (Å²) in [5, 5.41) is 0. The number of halogens is 1. The second-order valence-corrected chi connectivity index (χ2v) is 8.30. The van der Waals surface area contributed by atoms with Crippen molar-refractivity contribution in [2.75, 3.05) is 18.6 Å². The second-order valence-electron chi connectivity index (χ2n) is 4.30. The number of sulfonamides is 1. The second kappa shape index (κ2) is 8.26. The van der Waals surface area contributed by atoms with Gasteiger partial charge in [-0.3, -0.25) is 0 Å². The zero-order valence-corrected chi connectivity index (χ0v) is 15.1. The first-order chi connectivity index (χ1) is 9.40. The van der Waals surface area contributed by atoms with Crippen molar-refractivity contribution < 1.29 is 13.2 Å². The fourth-order valence-electron chi connectivity index (χ4n) is 1.65. The summed E-state index contributed by atoms with van der Waals surface area (Å²) in [6.45, 7) is 3.96. The molecule has 1 aromatic carbocycles. The highest BCUT2D eigenvalue weighted by Gasteiger charge is 2.21. The third-order valence-electron chi connectivity index (χ3n) is 2.67. The molecule has 0 radical (unpaired) electrons. The molecule has 1 rings (SSSR count). The molecule has 0 spiro atoms. The maximum absolute atomic E-state index is 12.4. The molecule has 114 valence electrons. The number of thioether (sulfide) groups is 1. The Bertz CT molecular complexity index is 534. The largest absolute Gasteiger partial charge is 0.495 e. The van der Waals surface area contributed by atoms with Gasteiger partial charge in [0.2, 0.25) is 10.0 Å². The predicted octanol–water partition coefficient (Wildman–Crippen LogP) is 3.27. The number of hydrogen-bond donors (Lipinski definition) is 1. The van der Waals surface area contributed by atoms with Crippen LogP contribution in [0.15, 0.2) is 27.6 Å². The first-order valence-electron chi connectivity index (χ1n) is 6.34. The fourth-order valence-corrected chi connectivity index (χ4v) is 4.45. The molecule has 1 N–H and O–H groups in total. The van der Waals surface area contributed by atoms with E-state index in [2.05, 4.69) is 27.6 Å². The van der Waals surface area contributed by atoms with E-state index in [0.29, 0.717) is 10.2 Å². The van der Waals surface area contributed by atoms with Crippen molar-refractivity contribution in [3.63, 3.8) is 0 Å². The Morgan fingerprint density at radius 3 is 2.75 bits per heavy atom. The summed E-state index contributed by atoms with van der Waals surface area (Å²) in [4.78, 5) is 0.157. The van der Waals surface area contributed by atoms with Crippen LogP contribution < -0.4 is 9.46 Å². The lowest BCUT2D eigenvalue weighted by Gasteiger charge is -2.16. The molecule has 0 aliphatic heterocycles. The third-order valence-corrected chi connectivity index (χ3v) is 5.71. The fraction of sp³-hybridized carbons (Fsp3) is 0.538. The molecule has 1 atom stereocenters. The standard InChI is InChI=1S/C13H20BrNO3S2/c1-4-19-8-7-10(2)15-20(16,17)13-9-11(14)5-6-12(13)18-3/h5-6,9-10,15H,4,7-8H2,1-3H3. The van der Waals surface area contributed by atoms with Gasteiger partial charge in [-0.15, -0.1) is 0 Å². The van der Waals surface area contributed by atoms with Crippen LogP contribution in [-0.4, -0.2) is 33.1 Å². The molecule has 0 fully saturated rings. The van der Waals surface area contributed by atoms with Crippen LogP contribution in [-0.2, 0) is 10.0 Å². The van der Waals surface area contributed by atoms with Crippen molar-refractivity contribution in [1.82, 2.24) is 4.72 Å². The Morgan fingerprint density at radius 1 is 1.45 bits per heavy atom. The SMILES string of the molecule is CCSCCC(C)NS(=O)(=O)c1cc(Br)ccc1OC. The molecule has 0 saturated heterocycles. The van der Waals surface area contributed by atoms with E-state index in [0.717, 1.165) is 17.9 Å². The van der Waals surface area contributed by atoms with Crippen LogP contribution in [0.1, 0.15) is 20.3 Å². The summed E-state index contributed by atoms with van der Waals surface area (Å²) >= 11 is 5.09. The van der Waals surface area contributed by atoms with Crippen LogP contribution in [0.25, 0.3) is 0 Å². The molecule has 0 heterocycles. The predicted molar refractivity (Wildman–Crippen MR) is 88.1 cm³/mol. The van der Waals surface area contributed by atoms with Gasteiger partial charge < -0.3 is 4.74 Å². The number of benzene rings is 1. The normalized spacial score (nSPS) is 13.2. The molecule has 1 aromatic rings. The van der Waals surface area contributed by atoms with E-state index in [-0.39, 0.29) is 10.9 Å². The highest BCUT2D eigenvalue weighted by molar-refractivity contribution is 9.10. The number of rotatable bonds is 8. The van der Waals surface area contributed by atoms with Crippen molar-refractivity contribution in [3.8, 4) is 5.75 Å². The molecule has 0 aromatic heterocycles. The van der Waals surface area contributed by atoms with Gasteiger partial charge in [-0.1, -0.05) is 22.9 Å². The van der Waals surface area contributed by atoms with E-state index in [1.54, 1.807) is 30.0 Å². The number of hydrogen-bond acceptors (Lipinski definition) is 4. The lowest BCUT2D eigenvalue weighted by Crippen LogP contribution is -2.33. The van der Waals surface area contributed by atoms with Crippen LogP contribution in [0, 0.1) is 0 Å². The Morgan fingerprint density at radius 2 is 2.15 bits per heavy atom. The molecule has 1 unspecified atom stereocenters. The Kier molecular flexibility index (Phi) is 7.36. The van der Waals surface area contributed by atoms with Crippen LogP contribution >= 0.6 is 27.7 Å². The van der Waals surface area contributed by atoms with Crippen molar-refractivity contribution in [2.45, 2.75) is 31.2 Å². The van der Waals surface area contributed by atoms with Crippen molar-refractivity contribution >= 4 is 37.7 Å². The first kappa shape index (κ1) is 17.8. The minimum absolute atomic E-state index is 0.109. The lowest BCUT2D eigenvalue weighted by atomic mass is 10.3. The van der Waals surface area contributed by atoms with Crippen LogP contribution in [0.3, 0.4) is 0 Å². The summed E-state index contributed by atoms with van der Waals surface area (Å²) in [6, 6.07) is 4.83. The molecule has 4 nitrogen and oxygen atoms in total. The van der Waals surface area contributed by atoms with Gasteiger partial charge in [-0.2, -0.15) is 11.8 Å². The van der Waals surface area contributed by atoms with E-state index in [9.17, 15) is 8.42 Å². The van der Waals surface area contributed by atoms with Gasteiger partial charge >= 0.3 is 0 Å². The Balaban J connectivity index is 2.85. The summed E-state index contributed by atoms with van der Waals surface area (Å²) in [5.74, 6) is 2.32. The summed E-state index contributed by atoms with van der Waals surface area (Å²) in [5.41, 5.74) is 0. The van der Waals surface area contributed by atoms with E-state index >= 15 is 0 Å². The van der Waals surface area contributed by atoms with Gasteiger partial charge in [0.15, 0.2) is 0 Å². The van der Waals surface area contributed by atoms with E-state index in [4.69, 9.17) is 4.74 Å². The van der Waals surface area contributed by atoms with Gasteiger partial charge in [0, 0.05) is 10.5 Å². The maximum Gasteiger partial charge on any atom is 0.244 e.